The van der Waals surface area contributed by atoms with E-state index in [-0.39, 0.29) is 11.9 Å². The van der Waals surface area contributed by atoms with Crippen LogP contribution in [0.2, 0.25) is 0 Å². The van der Waals surface area contributed by atoms with Crippen molar-refractivity contribution >= 4 is 17.2 Å². The highest BCUT2D eigenvalue weighted by molar-refractivity contribution is 7.10. The average Bonchev–Trinajstić information content (AvgIpc) is 3.16. The maximum absolute atomic E-state index is 12.6. The van der Waals surface area contributed by atoms with Gasteiger partial charge < -0.3 is 4.90 Å². The molecule has 116 valence electrons. The lowest BCUT2D eigenvalue weighted by Crippen LogP contribution is -2.30. The third kappa shape index (κ3) is 2.88. The fourth-order valence-corrected chi connectivity index (χ4v) is 3.63. The van der Waals surface area contributed by atoms with Crippen LogP contribution in [0.15, 0.2) is 41.8 Å². The number of thiophene rings is 1. The van der Waals surface area contributed by atoms with Crippen LogP contribution in [0.5, 0.6) is 0 Å². The zero-order valence-electron chi connectivity index (χ0n) is 11.6. The molecule has 1 atom stereocenters. The Kier molecular flexibility index (Phi) is 3.95. The second-order valence-electron chi connectivity index (χ2n) is 5.25. The second-order valence-corrected chi connectivity index (χ2v) is 6.23. The molecule has 2 aromatic rings. The van der Waals surface area contributed by atoms with E-state index in [0.717, 1.165) is 29.9 Å². The Morgan fingerprint density at radius 1 is 1.18 bits per heavy atom. The number of halogens is 3. The molecule has 1 unspecified atom stereocenters. The number of rotatable bonds is 2. The third-order valence-corrected chi connectivity index (χ3v) is 4.82. The van der Waals surface area contributed by atoms with Crippen molar-refractivity contribution in [2.24, 2.45) is 0 Å². The highest BCUT2D eigenvalue weighted by atomic mass is 32.1. The quantitative estimate of drug-likeness (QED) is 0.781. The number of likely N-dealkylation sites (tertiary alicyclic amines) is 1. The van der Waals surface area contributed by atoms with E-state index in [0.29, 0.717) is 12.1 Å². The lowest BCUT2D eigenvalue weighted by atomic mass is 10.1. The average molecular weight is 325 g/mol. The number of amides is 1. The summed E-state index contributed by atoms with van der Waals surface area (Å²) in [5.41, 5.74) is -0.434. The molecule has 0 N–H and O–H groups in total. The van der Waals surface area contributed by atoms with Gasteiger partial charge in [0.1, 0.15) is 0 Å². The van der Waals surface area contributed by atoms with E-state index in [4.69, 9.17) is 0 Å². The Hall–Kier alpha value is -1.82. The summed E-state index contributed by atoms with van der Waals surface area (Å²) in [6, 6.07) is 8.42. The van der Waals surface area contributed by atoms with Gasteiger partial charge in [0.15, 0.2) is 0 Å². The summed E-state index contributed by atoms with van der Waals surface area (Å²) in [5.74, 6) is -0.204. The van der Waals surface area contributed by atoms with Crippen LogP contribution in [-0.2, 0) is 6.18 Å². The number of carbonyl (C=O) groups is 1. The first-order valence-corrected chi connectivity index (χ1v) is 7.86. The third-order valence-electron chi connectivity index (χ3n) is 3.84. The van der Waals surface area contributed by atoms with Crippen LogP contribution < -0.4 is 0 Å². The van der Waals surface area contributed by atoms with E-state index in [1.54, 1.807) is 16.2 Å². The van der Waals surface area contributed by atoms with Gasteiger partial charge in [-0.2, -0.15) is 13.2 Å². The van der Waals surface area contributed by atoms with E-state index in [9.17, 15) is 18.0 Å². The molecule has 1 aliphatic rings. The fourth-order valence-electron chi connectivity index (χ4n) is 2.75. The van der Waals surface area contributed by atoms with Gasteiger partial charge >= 0.3 is 6.18 Å². The van der Waals surface area contributed by atoms with Crippen molar-refractivity contribution in [1.82, 2.24) is 4.90 Å². The summed E-state index contributed by atoms with van der Waals surface area (Å²) in [6.07, 6.45) is -2.57. The molecule has 2 nitrogen and oxygen atoms in total. The Balaban J connectivity index is 1.81. The van der Waals surface area contributed by atoms with Crippen molar-refractivity contribution in [3.63, 3.8) is 0 Å². The van der Waals surface area contributed by atoms with Gasteiger partial charge in [-0.15, -0.1) is 11.3 Å². The number of benzene rings is 1. The van der Waals surface area contributed by atoms with Crippen LogP contribution in [0.3, 0.4) is 0 Å². The van der Waals surface area contributed by atoms with Crippen molar-refractivity contribution in [2.45, 2.75) is 25.1 Å². The van der Waals surface area contributed by atoms with E-state index >= 15 is 0 Å². The molecule has 0 saturated carbocycles. The fraction of sp³-hybridized carbons (Fsp3) is 0.312. The van der Waals surface area contributed by atoms with Gasteiger partial charge in [0.2, 0.25) is 0 Å². The maximum Gasteiger partial charge on any atom is 0.416 e. The van der Waals surface area contributed by atoms with Crippen LogP contribution in [0.1, 0.15) is 39.7 Å². The Morgan fingerprint density at radius 3 is 2.50 bits per heavy atom. The molecule has 1 fully saturated rings. The molecule has 1 aromatic carbocycles. The van der Waals surface area contributed by atoms with Crippen molar-refractivity contribution in [1.29, 1.82) is 0 Å². The molecule has 1 saturated heterocycles. The van der Waals surface area contributed by atoms with E-state index in [1.165, 1.54) is 12.1 Å². The number of hydrogen-bond donors (Lipinski definition) is 0. The first-order valence-electron chi connectivity index (χ1n) is 6.98. The summed E-state index contributed by atoms with van der Waals surface area (Å²) in [4.78, 5) is 15.4. The van der Waals surface area contributed by atoms with Crippen LogP contribution in [0.25, 0.3) is 0 Å². The first kappa shape index (κ1) is 15.1. The largest absolute Gasteiger partial charge is 0.416 e. The van der Waals surface area contributed by atoms with E-state index in [2.05, 4.69) is 0 Å². The van der Waals surface area contributed by atoms with E-state index < -0.39 is 11.7 Å². The maximum atomic E-state index is 12.6. The summed E-state index contributed by atoms with van der Waals surface area (Å²) >= 11 is 1.60. The summed E-state index contributed by atoms with van der Waals surface area (Å²) in [6.45, 7) is 0.641. The van der Waals surface area contributed by atoms with Crippen LogP contribution in [0.4, 0.5) is 13.2 Å². The number of nitrogens with zero attached hydrogens (tertiary/aromatic N) is 1. The zero-order valence-corrected chi connectivity index (χ0v) is 12.5. The summed E-state index contributed by atoms with van der Waals surface area (Å²) in [5, 5.41) is 1.97. The molecule has 1 aromatic heterocycles. The first-order chi connectivity index (χ1) is 10.5. The summed E-state index contributed by atoms with van der Waals surface area (Å²) in [7, 11) is 0. The lowest BCUT2D eigenvalue weighted by Gasteiger charge is -2.24. The van der Waals surface area contributed by atoms with Gasteiger partial charge in [-0.25, -0.2) is 0 Å². The topological polar surface area (TPSA) is 20.3 Å². The van der Waals surface area contributed by atoms with E-state index in [1.807, 2.05) is 17.5 Å². The number of hydrogen-bond acceptors (Lipinski definition) is 2. The van der Waals surface area contributed by atoms with Gasteiger partial charge in [-0.05, 0) is 48.6 Å². The molecule has 0 aliphatic carbocycles. The van der Waals surface area contributed by atoms with Crippen LogP contribution in [0, 0.1) is 0 Å². The molecule has 22 heavy (non-hydrogen) atoms. The summed E-state index contributed by atoms with van der Waals surface area (Å²) < 4.78 is 37.7. The molecular formula is C16H14F3NOS. The van der Waals surface area contributed by atoms with Gasteiger partial charge in [0.25, 0.3) is 5.91 Å². The molecule has 0 spiro atoms. The predicted octanol–water partition coefficient (Wildman–Crippen LogP) is 4.74. The molecule has 2 heterocycles. The zero-order chi connectivity index (χ0) is 15.7. The molecule has 1 aliphatic heterocycles. The smallest absolute Gasteiger partial charge is 0.331 e. The van der Waals surface area contributed by atoms with Crippen molar-refractivity contribution in [3.05, 3.63) is 57.8 Å². The minimum Gasteiger partial charge on any atom is -0.331 e. The minimum atomic E-state index is -4.38. The van der Waals surface area contributed by atoms with Crippen LogP contribution in [-0.4, -0.2) is 17.4 Å². The Bertz CT molecular complexity index is 649. The highest BCUT2D eigenvalue weighted by Crippen LogP contribution is 2.36. The Morgan fingerprint density at radius 2 is 1.91 bits per heavy atom. The highest BCUT2D eigenvalue weighted by Gasteiger charge is 2.33. The van der Waals surface area contributed by atoms with Gasteiger partial charge in [0.05, 0.1) is 11.6 Å². The van der Waals surface area contributed by atoms with Crippen LogP contribution >= 0.6 is 11.3 Å². The van der Waals surface area contributed by atoms with Crippen molar-refractivity contribution in [2.75, 3.05) is 6.54 Å². The molecule has 0 radical (unpaired) electrons. The van der Waals surface area contributed by atoms with Gasteiger partial charge in [-0.3, -0.25) is 4.79 Å². The van der Waals surface area contributed by atoms with Gasteiger partial charge in [-0.1, -0.05) is 6.07 Å². The molecule has 3 rings (SSSR count). The standard InChI is InChI=1S/C16H14F3NOS/c17-16(18,19)12-7-5-11(6-8-12)15(21)20-9-1-3-13(20)14-4-2-10-22-14/h2,4-8,10,13H,1,3,9H2. The number of carbonyl (C=O) groups excluding carboxylic acids is 1. The second kappa shape index (κ2) is 5.76. The minimum absolute atomic E-state index is 0.0368. The van der Waals surface area contributed by atoms with Crippen molar-refractivity contribution in [3.8, 4) is 0 Å². The predicted molar refractivity (Wildman–Crippen MR) is 78.8 cm³/mol. The molecule has 6 heteroatoms. The molecule has 0 bridgehead atoms. The normalized spacial score (nSPS) is 18.7. The number of alkyl halides is 3. The lowest BCUT2D eigenvalue weighted by molar-refractivity contribution is -0.137. The SMILES string of the molecule is O=C(c1ccc(C(F)(F)F)cc1)N1CCCC1c1cccs1. The monoisotopic (exact) mass is 325 g/mol. The Labute approximate surface area is 130 Å². The molecule has 1 amide bonds. The van der Waals surface area contributed by atoms with Gasteiger partial charge in [0, 0.05) is 17.0 Å². The van der Waals surface area contributed by atoms with Crippen molar-refractivity contribution < 1.29 is 18.0 Å². The molecular weight excluding hydrogens is 311 g/mol.